The number of imide groups is 1. The molecule has 2 N–H and O–H groups in total. The van der Waals surface area contributed by atoms with Crippen molar-refractivity contribution in [1.82, 2.24) is 15.8 Å². The average Bonchev–Trinajstić information content (AvgIpc) is 3.45. The van der Waals surface area contributed by atoms with Crippen LogP contribution in [0.1, 0.15) is 21.7 Å². The van der Waals surface area contributed by atoms with E-state index in [0.29, 0.717) is 16.1 Å². The van der Waals surface area contributed by atoms with Gasteiger partial charge in [-0.25, -0.2) is 14.6 Å². The number of furan rings is 1. The molecule has 0 radical (unpaired) electrons. The summed E-state index contributed by atoms with van der Waals surface area (Å²) in [6.45, 7) is 0. The number of carbonyl (C=O) groups is 3. The molecule has 3 aromatic carbocycles. The van der Waals surface area contributed by atoms with Gasteiger partial charge in [-0.3, -0.25) is 9.59 Å². The average molecular weight is 455 g/mol. The Kier molecular flexibility index (Phi) is 5.18. The summed E-state index contributed by atoms with van der Waals surface area (Å²) in [4.78, 5) is 39.3. The number of amides is 4. The van der Waals surface area contributed by atoms with E-state index in [1.807, 2.05) is 0 Å². The highest BCUT2D eigenvalue weighted by molar-refractivity contribution is 6.11. The molecule has 4 aromatic rings. The number of benzene rings is 3. The van der Waals surface area contributed by atoms with E-state index in [4.69, 9.17) is 4.42 Å². The number of hydrogen-bond donors (Lipinski definition) is 2. The SMILES string of the molecule is O=C(NN1C(=O)NC(c2ccccc2)(c2ccccc2)C1=O)c1ccc(-c2ccccc2F)o1. The number of nitrogens with one attached hydrogen (secondary N) is 2. The first-order valence-corrected chi connectivity index (χ1v) is 10.4. The fourth-order valence-corrected chi connectivity index (χ4v) is 3.99. The molecule has 0 spiro atoms. The number of hydrazine groups is 1. The Morgan fingerprint density at radius 1 is 0.824 bits per heavy atom. The molecule has 1 aliphatic rings. The number of halogens is 1. The van der Waals surface area contributed by atoms with Crippen LogP contribution in [0.25, 0.3) is 11.3 Å². The zero-order valence-electron chi connectivity index (χ0n) is 17.7. The largest absolute Gasteiger partial charge is 0.451 e. The minimum Gasteiger partial charge on any atom is -0.451 e. The molecular weight excluding hydrogens is 437 g/mol. The van der Waals surface area contributed by atoms with Crippen LogP contribution in [0.2, 0.25) is 0 Å². The smallest absolute Gasteiger partial charge is 0.344 e. The lowest BCUT2D eigenvalue weighted by molar-refractivity contribution is -0.131. The summed E-state index contributed by atoms with van der Waals surface area (Å²) in [7, 11) is 0. The van der Waals surface area contributed by atoms with Crippen LogP contribution in [0, 0.1) is 5.82 Å². The van der Waals surface area contributed by atoms with Crippen molar-refractivity contribution >= 4 is 17.8 Å². The van der Waals surface area contributed by atoms with Gasteiger partial charge in [-0.05, 0) is 35.4 Å². The Morgan fingerprint density at radius 3 is 2.03 bits per heavy atom. The molecular formula is C26H18FN3O4. The Balaban J connectivity index is 1.46. The Hall–Kier alpha value is -4.72. The zero-order valence-corrected chi connectivity index (χ0v) is 17.7. The van der Waals surface area contributed by atoms with Crippen molar-refractivity contribution in [3.05, 3.63) is 120 Å². The summed E-state index contributed by atoms with van der Waals surface area (Å²) in [5.41, 5.74) is 2.05. The first-order chi connectivity index (χ1) is 16.5. The van der Waals surface area contributed by atoms with Gasteiger partial charge in [0.05, 0.1) is 5.56 Å². The van der Waals surface area contributed by atoms with Gasteiger partial charge in [-0.1, -0.05) is 72.8 Å². The quantitative estimate of drug-likeness (QED) is 0.441. The van der Waals surface area contributed by atoms with Crippen molar-refractivity contribution in [2.45, 2.75) is 5.54 Å². The topological polar surface area (TPSA) is 91.7 Å². The standard InChI is InChI=1S/C26H18FN3O4/c27-20-14-8-7-13-19(20)21-15-16-22(34-21)23(31)29-30-24(32)26(28-25(30)33,17-9-3-1-4-10-17)18-11-5-2-6-12-18/h1-16H,(H,28,33)(H,29,31). The van der Waals surface area contributed by atoms with Crippen LogP contribution in [-0.4, -0.2) is 22.9 Å². The third-order valence-corrected chi connectivity index (χ3v) is 5.62. The maximum atomic E-state index is 14.1. The van der Waals surface area contributed by atoms with E-state index < -0.39 is 29.2 Å². The van der Waals surface area contributed by atoms with Gasteiger partial charge in [0, 0.05) is 0 Å². The predicted molar refractivity (Wildman–Crippen MR) is 121 cm³/mol. The number of rotatable bonds is 5. The maximum absolute atomic E-state index is 14.1. The van der Waals surface area contributed by atoms with Gasteiger partial charge < -0.3 is 9.73 Å². The highest BCUT2D eigenvalue weighted by atomic mass is 19.1. The molecule has 0 aliphatic carbocycles. The van der Waals surface area contributed by atoms with Crippen LogP contribution in [0.4, 0.5) is 9.18 Å². The molecule has 5 rings (SSSR count). The molecule has 0 bridgehead atoms. The fourth-order valence-electron chi connectivity index (χ4n) is 3.99. The van der Waals surface area contributed by atoms with Crippen molar-refractivity contribution in [1.29, 1.82) is 0 Å². The fraction of sp³-hybridized carbons (Fsp3) is 0.0385. The first-order valence-electron chi connectivity index (χ1n) is 10.4. The molecule has 1 aromatic heterocycles. The molecule has 8 heteroatoms. The summed E-state index contributed by atoms with van der Waals surface area (Å²) in [5, 5.41) is 3.37. The van der Waals surface area contributed by atoms with Gasteiger partial charge in [0.2, 0.25) is 0 Å². The van der Waals surface area contributed by atoms with Gasteiger partial charge in [-0.2, -0.15) is 5.01 Å². The van der Waals surface area contributed by atoms with Crippen LogP contribution in [0.15, 0.2) is 101 Å². The molecule has 2 heterocycles. The maximum Gasteiger partial charge on any atom is 0.344 e. The second kappa shape index (κ2) is 8.32. The van der Waals surface area contributed by atoms with Crippen molar-refractivity contribution in [3.63, 3.8) is 0 Å². The minimum atomic E-state index is -1.52. The van der Waals surface area contributed by atoms with Crippen LogP contribution in [-0.2, 0) is 10.3 Å². The Morgan fingerprint density at radius 2 is 1.41 bits per heavy atom. The molecule has 0 atom stereocenters. The third-order valence-electron chi connectivity index (χ3n) is 5.62. The van der Waals surface area contributed by atoms with Crippen molar-refractivity contribution in [2.75, 3.05) is 0 Å². The summed E-state index contributed by atoms with van der Waals surface area (Å²) < 4.78 is 19.5. The molecule has 1 aliphatic heterocycles. The van der Waals surface area contributed by atoms with Crippen LogP contribution in [0.5, 0.6) is 0 Å². The van der Waals surface area contributed by atoms with Gasteiger partial charge in [0.25, 0.3) is 5.91 Å². The van der Waals surface area contributed by atoms with Gasteiger partial charge in [0.15, 0.2) is 11.3 Å². The van der Waals surface area contributed by atoms with E-state index in [1.165, 1.54) is 24.3 Å². The summed E-state index contributed by atoms with van der Waals surface area (Å²) in [6.07, 6.45) is 0. The van der Waals surface area contributed by atoms with Crippen molar-refractivity contribution in [3.8, 4) is 11.3 Å². The monoisotopic (exact) mass is 455 g/mol. The third kappa shape index (κ3) is 3.41. The summed E-state index contributed by atoms with van der Waals surface area (Å²) >= 11 is 0. The number of nitrogens with zero attached hydrogens (tertiary/aromatic N) is 1. The number of carbonyl (C=O) groups excluding carboxylic acids is 3. The highest BCUT2D eigenvalue weighted by Crippen LogP contribution is 2.35. The van der Waals surface area contributed by atoms with Gasteiger partial charge >= 0.3 is 11.9 Å². The predicted octanol–water partition coefficient (Wildman–Crippen LogP) is 4.23. The molecule has 0 unspecified atom stereocenters. The van der Waals surface area contributed by atoms with Crippen LogP contribution < -0.4 is 10.7 Å². The summed E-state index contributed by atoms with van der Waals surface area (Å²) in [5.74, 6) is -2.06. The number of urea groups is 1. The van der Waals surface area contributed by atoms with E-state index in [2.05, 4.69) is 10.7 Å². The zero-order chi connectivity index (χ0) is 23.7. The summed E-state index contributed by atoms with van der Waals surface area (Å²) in [6, 6.07) is 25.5. The number of hydrogen-bond acceptors (Lipinski definition) is 4. The second-order valence-electron chi connectivity index (χ2n) is 7.64. The van der Waals surface area contributed by atoms with Gasteiger partial charge in [0.1, 0.15) is 11.6 Å². The molecule has 1 saturated heterocycles. The lowest BCUT2D eigenvalue weighted by Crippen LogP contribution is -2.49. The first kappa shape index (κ1) is 21.1. The van der Waals surface area contributed by atoms with Crippen LogP contribution >= 0.6 is 0 Å². The van der Waals surface area contributed by atoms with E-state index in [9.17, 15) is 18.8 Å². The molecule has 0 saturated carbocycles. The lowest BCUT2D eigenvalue weighted by Gasteiger charge is -2.27. The van der Waals surface area contributed by atoms with E-state index in [-0.39, 0.29) is 17.1 Å². The molecule has 34 heavy (non-hydrogen) atoms. The van der Waals surface area contributed by atoms with Gasteiger partial charge in [-0.15, -0.1) is 0 Å². The van der Waals surface area contributed by atoms with E-state index >= 15 is 0 Å². The lowest BCUT2D eigenvalue weighted by atomic mass is 9.83. The van der Waals surface area contributed by atoms with E-state index in [0.717, 1.165) is 0 Å². The normalized spacial score (nSPS) is 14.7. The second-order valence-corrected chi connectivity index (χ2v) is 7.64. The molecule has 168 valence electrons. The van der Waals surface area contributed by atoms with Crippen LogP contribution in [0.3, 0.4) is 0 Å². The molecule has 1 fully saturated rings. The van der Waals surface area contributed by atoms with Crippen molar-refractivity contribution < 1.29 is 23.2 Å². The van der Waals surface area contributed by atoms with E-state index in [1.54, 1.807) is 72.8 Å². The Labute approximate surface area is 193 Å². The highest BCUT2D eigenvalue weighted by Gasteiger charge is 2.54. The molecule has 7 nitrogen and oxygen atoms in total. The minimum absolute atomic E-state index is 0.142. The molecule has 4 amide bonds. The Bertz CT molecular complexity index is 1350. The van der Waals surface area contributed by atoms with Crippen molar-refractivity contribution in [2.24, 2.45) is 0 Å².